The number of rotatable bonds is 1. The molecule has 1 aliphatic rings. The van der Waals surface area contributed by atoms with Gasteiger partial charge >= 0.3 is 0 Å². The Kier molecular flexibility index (Phi) is 2.74. The van der Waals surface area contributed by atoms with Crippen LogP contribution in [-0.4, -0.2) is 47.9 Å². The zero-order valence-electron chi connectivity index (χ0n) is 11.3. The van der Waals surface area contributed by atoms with E-state index >= 15 is 0 Å². The minimum atomic E-state index is 1.07. The van der Waals surface area contributed by atoms with Gasteiger partial charge in [0.1, 0.15) is 0 Å². The molecule has 1 fully saturated rings. The van der Waals surface area contributed by atoms with Crippen LogP contribution in [0.3, 0.4) is 0 Å². The van der Waals surface area contributed by atoms with Gasteiger partial charge in [-0.1, -0.05) is 11.6 Å². The molecule has 0 radical (unpaired) electrons. The summed E-state index contributed by atoms with van der Waals surface area (Å²) in [6.45, 7) is 6.50. The van der Waals surface area contributed by atoms with Gasteiger partial charge in [-0.05, 0) is 26.1 Å². The maximum atomic E-state index is 4.70. The number of anilines is 1. The quantitative estimate of drug-likeness (QED) is 0.762. The van der Waals surface area contributed by atoms with Crippen molar-refractivity contribution < 1.29 is 0 Å². The van der Waals surface area contributed by atoms with E-state index in [2.05, 4.69) is 42.0 Å². The third-order valence-corrected chi connectivity index (χ3v) is 3.79. The van der Waals surface area contributed by atoms with Crippen LogP contribution in [-0.2, 0) is 7.05 Å². The molecular formula is C14H20N4. The number of fused-ring (bicyclic) bond motifs is 1. The Morgan fingerprint density at radius 3 is 2.50 bits per heavy atom. The zero-order valence-corrected chi connectivity index (χ0v) is 11.3. The van der Waals surface area contributed by atoms with Gasteiger partial charge in [0.25, 0.3) is 0 Å². The van der Waals surface area contributed by atoms with Crippen molar-refractivity contribution in [3.63, 3.8) is 0 Å². The first-order chi connectivity index (χ1) is 8.65. The largest absolute Gasteiger partial charge is 0.352 e. The summed E-state index contributed by atoms with van der Waals surface area (Å²) in [4.78, 5) is 4.77. The van der Waals surface area contributed by atoms with Gasteiger partial charge in [-0.2, -0.15) is 5.10 Å². The maximum absolute atomic E-state index is 4.70. The monoisotopic (exact) mass is 244 g/mol. The summed E-state index contributed by atoms with van der Waals surface area (Å²) in [5.41, 5.74) is 2.51. The summed E-state index contributed by atoms with van der Waals surface area (Å²) in [5.74, 6) is 1.14. The van der Waals surface area contributed by atoms with Crippen LogP contribution < -0.4 is 4.90 Å². The third-order valence-electron chi connectivity index (χ3n) is 3.79. The number of piperazine rings is 1. The van der Waals surface area contributed by atoms with E-state index in [1.165, 1.54) is 16.5 Å². The normalized spacial score (nSPS) is 17.6. The molecule has 3 rings (SSSR count). The van der Waals surface area contributed by atoms with Gasteiger partial charge in [0, 0.05) is 38.6 Å². The van der Waals surface area contributed by atoms with Gasteiger partial charge in [-0.15, -0.1) is 0 Å². The molecule has 96 valence electrons. The number of benzene rings is 1. The Morgan fingerprint density at radius 2 is 1.78 bits per heavy atom. The maximum Gasteiger partial charge on any atom is 0.158 e. The van der Waals surface area contributed by atoms with Crippen LogP contribution in [0.15, 0.2) is 18.2 Å². The average Bonchev–Trinajstić information content (AvgIpc) is 2.67. The molecule has 18 heavy (non-hydrogen) atoms. The molecule has 1 aliphatic heterocycles. The first-order valence-electron chi connectivity index (χ1n) is 6.52. The van der Waals surface area contributed by atoms with Crippen molar-refractivity contribution in [3.05, 3.63) is 23.8 Å². The van der Waals surface area contributed by atoms with Crippen LogP contribution in [0.2, 0.25) is 0 Å². The van der Waals surface area contributed by atoms with Gasteiger partial charge in [-0.3, -0.25) is 4.68 Å². The zero-order chi connectivity index (χ0) is 12.7. The topological polar surface area (TPSA) is 24.3 Å². The number of aryl methyl sites for hydroxylation is 2. The van der Waals surface area contributed by atoms with Crippen LogP contribution in [0.25, 0.3) is 10.9 Å². The Labute approximate surface area is 108 Å². The molecule has 2 aromatic rings. The molecule has 1 saturated heterocycles. The molecular weight excluding hydrogens is 224 g/mol. The highest BCUT2D eigenvalue weighted by atomic mass is 15.4. The number of nitrogens with zero attached hydrogens (tertiary/aromatic N) is 4. The lowest BCUT2D eigenvalue weighted by atomic mass is 10.1. The second-order valence-corrected chi connectivity index (χ2v) is 5.26. The molecule has 0 amide bonds. The van der Waals surface area contributed by atoms with Gasteiger partial charge in [0.05, 0.1) is 5.52 Å². The highest BCUT2D eigenvalue weighted by Gasteiger charge is 2.19. The molecule has 0 spiro atoms. The Hall–Kier alpha value is -1.55. The SMILES string of the molecule is Cc1ccc2c(c1)c(N1CCN(C)CC1)nn2C. The molecule has 4 nitrogen and oxygen atoms in total. The van der Waals surface area contributed by atoms with Crippen LogP contribution in [0.5, 0.6) is 0 Å². The van der Waals surface area contributed by atoms with E-state index in [-0.39, 0.29) is 0 Å². The number of hydrogen-bond acceptors (Lipinski definition) is 3. The average molecular weight is 244 g/mol. The van der Waals surface area contributed by atoms with E-state index < -0.39 is 0 Å². The van der Waals surface area contributed by atoms with Crippen molar-refractivity contribution in [3.8, 4) is 0 Å². The van der Waals surface area contributed by atoms with Crippen molar-refractivity contribution in [1.82, 2.24) is 14.7 Å². The molecule has 0 N–H and O–H groups in total. The first-order valence-corrected chi connectivity index (χ1v) is 6.52. The molecule has 0 bridgehead atoms. The van der Waals surface area contributed by atoms with E-state index in [0.29, 0.717) is 0 Å². The van der Waals surface area contributed by atoms with Gasteiger partial charge in [-0.25, -0.2) is 0 Å². The molecule has 2 heterocycles. The lowest BCUT2D eigenvalue weighted by molar-refractivity contribution is 0.312. The second kappa shape index (κ2) is 4.28. The number of likely N-dealkylation sites (N-methyl/N-ethyl adjacent to an activating group) is 1. The molecule has 0 saturated carbocycles. The minimum Gasteiger partial charge on any atom is -0.352 e. The van der Waals surface area contributed by atoms with E-state index in [1.807, 2.05) is 11.7 Å². The molecule has 0 atom stereocenters. The Morgan fingerprint density at radius 1 is 1.06 bits per heavy atom. The summed E-state index contributed by atoms with van der Waals surface area (Å²) < 4.78 is 1.99. The summed E-state index contributed by atoms with van der Waals surface area (Å²) in [6, 6.07) is 6.56. The minimum absolute atomic E-state index is 1.07. The fraction of sp³-hybridized carbons (Fsp3) is 0.500. The Balaban J connectivity index is 2.03. The third kappa shape index (κ3) is 1.86. The van der Waals surface area contributed by atoms with Crippen LogP contribution in [0, 0.1) is 6.92 Å². The fourth-order valence-electron chi connectivity index (χ4n) is 2.61. The van der Waals surface area contributed by atoms with E-state index in [0.717, 1.165) is 32.0 Å². The van der Waals surface area contributed by atoms with Crippen molar-refractivity contribution in [2.24, 2.45) is 7.05 Å². The van der Waals surface area contributed by atoms with Crippen molar-refractivity contribution in [2.75, 3.05) is 38.1 Å². The summed E-state index contributed by atoms with van der Waals surface area (Å²) in [6.07, 6.45) is 0. The van der Waals surface area contributed by atoms with Gasteiger partial charge in [0.15, 0.2) is 5.82 Å². The fourth-order valence-corrected chi connectivity index (χ4v) is 2.61. The molecule has 1 aromatic heterocycles. The molecule has 1 aromatic carbocycles. The number of aromatic nitrogens is 2. The summed E-state index contributed by atoms with van der Waals surface area (Å²) >= 11 is 0. The van der Waals surface area contributed by atoms with Crippen LogP contribution >= 0.6 is 0 Å². The van der Waals surface area contributed by atoms with E-state index in [9.17, 15) is 0 Å². The standard InChI is InChI=1S/C14H20N4/c1-11-4-5-13-12(10-11)14(15-17(13)3)18-8-6-16(2)7-9-18/h4-5,10H,6-9H2,1-3H3. The lowest BCUT2D eigenvalue weighted by Gasteiger charge is -2.32. The highest BCUT2D eigenvalue weighted by molar-refractivity contribution is 5.91. The summed E-state index contributed by atoms with van der Waals surface area (Å²) in [7, 11) is 4.20. The highest BCUT2D eigenvalue weighted by Crippen LogP contribution is 2.27. The molecule has 4 heteroatoms. The molecule has 0 aliphatic carbocycles. The smallest absolute Gasteiger partial charge is 0.158 e. The van der Waals surface area contributed by atoms with E-state index in [1.54, 1.807) is 0 Å². The molecule has 0 unspecified atom stereocenters. The number of hydrogen-bond donors (Lipinski definition) is 0. The van der Waals surface area contributed by atoms with Crippen LogP contribution in [0.1, 0.15) is 5.56 Å². The Bertz CT molecular complexity index is 564. The van der Waals surface area contributed by atoms with E-state index in [4.69, 9.17) is 5.10 Å². The summed E-state index contributed by atoms with van der Waals surface area (Å²) in [5, 5.41) is 5.98. The lowest BCUT2D eigenvalue weighted by Crippen LogP contribution is -2.44. The van der Waals surface area contributed by atoms with Gasteiger partial charge < -0.3 is 9.80 Å². The van der Waals surface area contributed by atoms with Crippen molar-refractivity contribution in [1.29, 1.82) is 0 Å². The predicted molar refractivity (Wildman–Crippen MR) is 75.2 cm³/mol. The predicted octanol–water partition coefficient (Wildman–Crippen LogP) is 1.63. The van der Waals surface area contributed by atoms with Gasteiger partial charge in [0.2, 0.25) is 0 Å². The van der Waals surface area contributed by atoms with Crippen LogP contribution in [0.4, 0.5) is 5.82 Å². The second-order valence-electron chi connectivity index (χ2n) is 5.26. The first kappa shape index (κ1) is 11.5. The van der Waals surface area contributed by atoms with Crippen molar-refractivity contribution >= 4 is 16.7 Å². The van der Waals surface area contributed by atoms with Crippen molar-refractivity contribution in [2.45, 2.75) is 6.92 Å².